The van der Waals surface area contributed by atoms with Crippen LogP contribution in [0.25, 0.3) is 0 Å². The molecule has 0 unspecified atom stereocenters. The largest absolute Gasteiger partial charge is 0.408 e. The van der Waals surface area contributed by atoms with E-state index in [-0.39, 0.29) is 11.9 Å². The molecule has 2 atom stereocenters. The van der Waals surface area contributed by atoms with Crippen LogP contribution in [0.5, 0.6) is 0 Å². The van der Waals surface area contributed by atoms with Gasteiger partial charge in [0.2, 0.25) is 5.89 Å². The lowest BCUT2D eigenvalue weighted by molar-refractivity contribution is 0.194. The molecule has 1 aromatic carbocycles. The second-order valence-corrected chi connectivity index (χ2v) is 4.72. The average Bonchev–Trinajstić information content (AvgIpc) is 2.95. The molecule has 19 heavy (non-hydrogen) atoms. The van der Waals surface area contributed by atoms with E-state index in [0.717, 1.165) is 5.56 Å². The van der Waals surface area contributed by atoms with E-state index in [1.807, 2.05) is 11.0 Å². The van der Waals surface area contributed by atoms with E-state index in [9.17, 15) is 9.50 Å². The third kappa shape index (κ3) is 2.31. The van der Waals surface area contributed by atoms with Gasteiger partial charge in [-0.15, -0.1) is 5.10 Å². The van der Waals surface area contributed by atoms with Crippen LogP contribution in [0, 0.1) is 12.7 Å². The molecule has 0 amide bonds. The summed E-state index contributed by atoms with van der Waals surface area (Å²) in [5, 5.41) is 17.6. The molecule has 5 nitrogen and oxygen atoms in total. The summed E-state index contributed by atoms with van der Waals surface area (Å²) in [5.74, 6) is 0.176. The standard InChI is InChI=1S/C13H14FN3O2/c1-8-15-16-13(19-8)17-7-11(18)6-12(17)9-3-2-4-10(14)5-9/h2-5,11-12,18H,6-7H2,1H3/t11-,12+/m1/s1. The van der Waals surface area contributed by atoms with Crippen LogP contribution in [0.2, 0.25) is 0 Å². The Morgan fingerprint density at radius 3 is 2.95 bits per heavy atom. The quantitative estimate of drug-likeness (QED) is 0.895. The normalized spacial score (nSPS) is 23.0. The number of benzene rings is 1. The Kier molecular flexibility index (Phi) is 2.94. The molecule has 6 heteroatoms. The number of anilines is 1. The Balaban J connectivity index is 1.94. The summed E-state index contributed by atoms with van der Waals surface area (Å²) in [6.45, 7) is 2.11. The SMILES string of the molecule is Cc1nnc(N2C[C@H](O)C[C@H]2c2cccc(F)c2)o1. The smallest absolute Gasteiger partial charge is 0.318 e. The third-order valence-electron chi connectivity index (χ3n) is 3.27. The van der Waals surface area contributed by atoms with Gasteiger partial charge in [0.15, 0.2) is 0 Å². The Morgan fingerprint density at radius 2 is 2.26 bits per heavy atom. The molecule has 0 aliphatic carbocycles. The molecular formula is C13H14FN3O2. The van der Waals surface area contributed by atoms with Crippen molar-refractivity contribution in [2.24, 2.45) is 0 Å². The van der Waals surface area contributed by atoms with Crippen molar-refractivity contribution in [3.05, 3.63) is 41.5 Å². The number of aliphatic hydroxyl groups excluding tert-OH is 1. The van der Waals surface area contributed by atoms with Gasteiger partial charge in [0.25, 0.3) is 0 Å². The topological polar surface area (TPSA) is 62.4 Å². The van der Waals surface area contributed by atoms with Gasteiger partial charge in [0, 0.05) is 13.5 Å². The van der Waals surface area contributed by atoms with Gasteiger partial charge >= 0.3 is 6.01 Å². The summed E-state index contributed by atoms with van der Waals surface area (Å²) < 4.78 is 18.7. The van der Waals surface area contributed by atoms with Gasteiger partial charge in [-0.05, 0) is 24.1 Å². The van der Waals surface area contributed by atoms with Gasteiger partial charge in [-0.1, -0.05) is 17.2 Å². The first-order valence-electron chi connectivity index (χ1n) is 6.14. The predicted octanol–water partition coefficient (Wildman–Crippen LogP) is 1.83. The summed E-state index contributed by atoms with van der Waals surface area (Å²) in [4.78, 5) is 1.82. The molecule has 100 valence electrons. The number of β-amino-alcohol motifs (C(OH)–C–C–N with tert-alkyl or cyclic N) is 1. The zero-order chi connectivity index (χ0) is 13.4. The summed E-state index contributed by atoms with van der Waals surface area (Å²) in [7, 11) is 0. The van der Waals surface area contributed by atoms with Crippen LogP contribution in [0.1, 0.15) is 23.9 Å². The van der Waals surface area contributed by atoms with Crippen molar-refractivity contribution in [2.75, 3.05) is 11.4 Å². The molecular weight excluding hydrogens is 249 g/mol. The van der Waals surface area contributed by atoms with Crippen molar-refractivity contribution in [2.45, 2.75) is 25.5 Å². The number of aliphatic hydroxyl groups is 1. The lowest BCUT2D eigenvalue weighted by atomic mass is 10.0. The highest BCUT2D eigenvalue weighted by Crippen LogP contribution is 2.35. The van der Waals surface area contributed by atoms with Crippen LogP contribution in [-0.2, 0) is 0 Å². The minimum Gasteiger partial charge on any atom is -0.408 e. The first-order valence-corrected chi connectivity index (χ1v) is 6.14. The Hall–Kier alpha value is -1.95. The molecule has 0 bridgehead atoms. The molecule has 0 saturated carbocycles. The Morgan fingerprint density at radius 1 is 1.42 bits per heavy atom. The van der Waals surface area contributed by atoms with E-state index in [1.54, 1.807) is 13.0 Å². The first kappa shape index (κ1) is 12.1. The van der Waals surface area contributed by atoms with Gasteiger partial charge in [-0.3, -0.25) is 0 Å². The molecule has 1 aromatic heterocycles. The highest BCUT2D eigenvalue weighted by molar-refractivity contribution is 5.36. The molecule has 1 aliphatic rings. The van der Waals surface area contributed by atoms with Crippen molar-refractivity contribution >= 4 is 6.01 Å². The highest BCUT2D eigenvalue weighted by Gasteiger charge is 2.35. The van der Waals surface area contributed by atoms with Crippen LogP contribution in [0.3, 0.4) is 0 Å². The summed E-state index contributed by atoms with van der Waals surface area (Å²) >= 11 is 0. The molecule has 2 heterocycles. The first-order chi connectivity index (χ1) is 9.13. The number of nitrogens with zero attached hydrogens (tertiary/aromatic N) is 3. The fraction of sp³-hybridized carbons (Fsp3) is 0.385. The third-order valence-corrected chi connectivity index (χ3v) is 3.27. The number of hydrogen-bond acceptors (Lipinski definition) is 5. The zero-order valence-electron chi connectivity index (χ0n) is 10.5. The van der Waals surface area contributed by atoms with E-state index in [0.29, 0.717) is 24.9 Å². The molecule has 0 radical (unpaired) electrons. The van der Waals surface area contributed by atoms with Crippen molar-refractivity contribution in [1.82, 2.24) is 10.2 Å². The van der Waals surface area contributed by atoms with Crippen molar-refractivity contribution in [1.29, 1.82) is 0 Å². The van der Waals surface area contributed by atoms with Crippen LogP contribution in [-0.4, -0.2) is 28.0 Å². The lowest BCUT2D eigenvalue weighted by Gasteiger charge is -2.22. The number of halogens is 1. The minimum absolute atomic E-state index is 0.148. The van der Waals surface area contributed by atoms with E-state index >= 15 is 0 Å². The Bertz CT molecular complexity index is 587. The number of aryl methyl sites for hydroxylation is 1. The van der Waals surface area contributed by atoms with Gasteiger partial charge in [0.05, 0.1) is 12.1 Å². The van der Waals surface area contributed by atoms with E-state index in [1.165, 1.54) is 12.1 Å². The average molecular weight is 263 g/mol. The monoisotopic (exact) mass is 263 g/mol. The lowest BCUT2D eigenvalue weighted by Crippen LogP contribution is -2.24. The van der Waals surface area contributed by atoms with Crippen LogP contribution in [0.15, 0.2) is 28.7 Å². The van der Waals surface area contributed by atoms with Crippen molar-refractivity contribution in [3.8, 4) is 0 Å². The van der Waals surface area contributed by atoms with E-state index < -0.39 is 6.10 Å². The number of aromatic nitrogens is 2. The second-order valence-electron chi connectivity index (χ2n) is 4.72. The van der Waals surface area contributed by atoms with Crippen molar-refractivity contribution in [3.63, 3.8) is 0 Å². The minimum atomic E-state index is -0.486. The maximum atomic E-state index is 13.3. The molecule has 1 N–H and O–H groups in total. The maximum absolute atomic E-state index is 13.3. The number of hydrogen-bond donors (Lipinski definition) is 1. The van der Waals surface area contributed by atoms with Crippen LogP contribution in [0.4, 0.5) is 10.4 Å². The molecule has 1 aliphatic heterocycles. The molecule has 1 saturated heterocycles. The molecule has 2 aromatic rings. The van der Waals surface area contributed by atoms with Gasteiger partial charge < -0.3 is 14.4 Å². The molecule has 0 spiro atoms. The summed E-state index contributed by atoms with van der Waals surface area (Å²) in [6.07, 6.45) is 0.0331. The van der Waals surface area contributed by atoms with E-state index in [2.05, 4.69) is 10.2 Å². The fourth-order valence-electron chi connectivity index (χ4n) is 2.46. The second kappa shape index (κ2) is 4.62. The van der Waals surface area contributed by atoms with Crippen LogP contribution < -0.4 is 4.90 Å². The van der Waals surface area contributed by atoms with Gasteiger partial charge in [-0.25, -0.2) is 4.39 Å². The predicted molar refractivity (Wildman–Crippen MR) is 66.1 cm³/mol. The fourth-order valence-corrected chi connectivity index (χ4v) is 2.46. The van der Waals surface area contributed by atoms with Crippen LogP contribution >= 0.6 is 0 Å². The van der Waals surface area contributed by atoms with Gasteiger partial charge in [-0.2, -0.15) is 0 Å². The summed E-state index contributed by atoms with van der Waals surface area (Å²) in [6, 6.07) is 6.58. The molecule has 1 fully saturated rings. The Labute approximate surface area is 109 Å². The van der Waals surface area contributed by atoms with Gasteiger partial charge in [0.1, 0.15) is 5.82 Å². The summed E-state index contributed by atoms with van der Waals surface area (Å²) in [5.41, 5.74) is 0.799. The molecule has 3 rings (SSSR count). The maximum Gasteiger partial charge on any atom is 0.318 e. The highest BCUT2D eigenvalue weighted by atomic mass is 19.1. The van der Waals surface area contributed by atoms with E-state index in [4.69, 9.17) is 4.42 Å². The zero-order valence-corrected chi connectivity index (χ0v) is 10.5. The van der Waals surface area contributed by atoms with Crippen molar-refractivity contribution < 1.29 is 13.9 Å². The number of rotatable bonds is 2.